The van der Waals surface area contributed by atoms with E-state index >= 15 is 0 Å². The van der Waals surface area contributed by atoms with Gasteiger partial charge in [0.2, 0.25) is 0 Å². The zero-order valence-corrected chi connectivity index (χ0v) is 10.7. The van der Waals surface area contributed by atoms with Crippen LogP contribution >= 0.6 is 0 Å². The van der Waals surface area contributed by atoms with E-state index in [9.17, 15) is 9.59 Å². The molecule has 3 nitrogen and oxygen atoms in total. The number of ketones is 1. The SMILES string of the molecule is CCOC(=O)C(C)C(=O)c1ccc(C)c(C)c1. The average Bonchev–Trinajstić information content (AvgIpc) is 2.31. The van der Waals surface area contributed by atoms with Crippen molar-refractivity contribution in [2.75, 3.05) is 6.61 Å². The van der Waals surface area contributed by atoms with Crippen molar-refractivity contribution < 1.29 is 14.3 Å². The highest BCUT2D eigenvalue weighted by atomic mass is 16.5. The topological polar surface area (TPSA) is 43.4 Å². The molecule has 1 aromatic rings. The van der Waals surface area contributed by atoms with Gasteiger partial charge in [0.15, 0.2) is 5.78 Å². The van der Waals surface area contributed by atoms with Crippen molar-refractivity contribution in [2.24, 2.45) is 5.92 Å². The molecule has 1 atom stereocenters. The Kier molecular flexibility index (Phi) is 4.44. The van der Waals surface area contributed by atoms with Gasteiger partial charge in [0.25, 0.3) is 0 Å². The van der Waals surface area contributed by atoms with E-state index in [1.807, 2.05) is 26.0 Å². The molecule has 0 saturated heterocycles. The first kappa shape index (κ1) is 13.4. The Morgan fingerprint density at radius 2 is 1.88 bits per heavy atom. The summed E-state index contributed by atoms with van der Waals surface area (Å²) in [6, 6.07) is 5.45. The number of Topliss-reactive ketones (excluding diaryl/α,β-unsaturated/α-hetero) is 1. The molecule has 0 fully saturated rings. The molecule has 1 aromatic carbocycles. The standard InChI is InChI=1S/C14H18O3/c1-5-17-14(16)11(4)13(15)12-7-6-9(2)10(3)8-12/h6-8,11H,5H2,1-4H3. The monoisotopic (exact) mass is 234 g/mol. The number of hydrogen-bond donors (Lipinski definition) is 0. The lowest BCUT2D eigenvalue weighted by molar-refractivity contribution is -0.145. The molecule has 17 heavy (non-hydrogen) atoms. The number of ether oxygens (including phenoxy) is 1. The molecule has 1 unspecified atom stereocenters. The van der Waals surface area contributed by atoms with E-state index in [1.54, 1.807) is 19.9 Å². The van der Waals surface area contributed by atoms with Gasteiger partial charge in [-0.05, 0) is 44.9 Å². The minimum atomic E-state index is -0.739. The van der Waals surface area contributed by atoms with Crippen LogP contribution in [-0.4, -0.2) is 18.4 Å². The van der Waals surface area contributed by atoms with Gasteiger partial charge in [0, 0.05) is 5.56 Å². The van der Waals surface area contributed by atoms with Crippen molar-refractivity contribution in [1.29, 1.82) is 0 Å². The van der Waals surface area contributed by atoms with Crippen LogP contribution in [0.3, 0.4) is 0 Å². The molecule has 0 aromatic heterocycles. The number of carbonyl (C=O) groups excluding carboxylic acids is 2. The molecule has 0 amide bonds. The number of carbonyl (C=O) groups is 2. The van der Waals surface area contributed by atoms with Crippen molar-refractivity contribution in [3.8, 4) is 0 Å². The van der Waals surface area contributed by atoms with E-state index in [-0.39, 0.29) is 5.78 Å². The second kappa shape index (κ2) is 5.62. The first-order valence-corrected chi connectivity index (χ1v) is 5.75. The number of benzene rings is 1. The zero-order valence-electron chi connectivity index (χ0n) is 10.7. The van der Waals surface area contributed by atoms with Gasteiger partial charge in [0.05, 0.1) is 6.61 Å². The van der Waals surface area contributed by atoms with E-state index in [1.165, 1.54) is 0 Å². The molecule has 0 saturated carbocycles. The molecular formula is C14H18O3. The summed E-state index contributed by atoms with van der Waals surface area (Å²) in [7, 11) is 0. The number of esters is 1. The van der Waals surface area contributed by atoms with Crippen LogP contribution in [-0.2, 0) is 9.53 Å². The second-order valence-electron chi connectivity index (χ2n) is 4.14. The molecular weight excluding hydrogens is 216 g/mol. The van der Waals surface area contributed by atoms with Crippen molar-refractivity contribution in [1.82, 2.24) is 0 Å². The van der Waals surface area contributed by atoms with Crippen LogP contribution < -0.4 is 0 Å². The predicted octanol–water partition coefficient (Wildman–Crippen LogP) is 2.69. The van der Waals surface area contributed by atoms with Crippen molar-refractivity contribution in [3.05, 3.63) is 34.9 Å². The number of aryl methyl sites for hydroxylation is 2. The summed E-state index contributed by atoms with van der Waals surface area (Å²) in [5, 5.41) is 0. The van der Waals surface area contributed by atoms with Gasteiger partial charge >= 0.3 is 5.97 Å². The Morgan fingerprint density at radius 1 is 1.24 bits per heavy atom. The zero-order chi connectivity index (χ0) is 13.0. The maximum atomic E-state index is 12.0. The van der Waals surface area contributed by atoms with E-state index in [2.05, 4.69) is 0 Å². The fourth-order valence-corrected chi connectivity index (χ4v) is 1.52. The third-order valence-corrected chi connectivity index (χ3v) is 2.82. The lowest BCUT2D eigenvalue weighted by Gasteiger charge is -2.10. The first-order valence-electron chi connectivity index (χ1n) is 5.75. The molecule has 0 bridgehead atoms. The molecule has 0 aliphatic heterocycles. The Labute approximate surface area is 102 Å². The highest BCUT2D eigenvalue weighted by molar-refractivity contribution is 6.08. The van der Waals surface area contributed by atoms with Gasteiger partial charge in [-0.25, -0.2) is 0 Å². The number of hydrogen-bond acceptors (Lipinski definition) is 3. The Hall–Kier alpha value is -1.64. The lowest BCUT2D eigenvalue weighted by atomic mass is 9.96. The van der Waals surface area contributed by atoms with Crippen LogP contribution in [0.25, 0.3) is 0 Å². The fraction of sp³-hybridized carbons (Fsp3) is 0.429. The molecule has 92 valence electrons. The summed E-state index contributed by atoms with van der Waals surface area (Å²) in [6.45, 7) is 7.53. The molecule has 3 heteroatoms. The minimum absolute atomic E-state index is 0.188. The van der Waals surface area contributed by atoms with Crippen molar-refractivity contribution >= 4 is 11.8 Å². The van der Waals surface area contributed by atoms with E-state index < -0.39 is 11.9 Å². The molecule has 0 radical (unpaired) electrons. The summed E-state index contributed by atoms with van der Waals surface area (Å²) in [5.74, 6) is -1.39. The largest absolute Gasteiger partial charge is 0.465 e. The third kappa shape index (κ3) is 3.16. The highest BCUT2D eigenvalue weighted by Crippen LogP contribution is 2.14. The molecule has 0 spiro atoms. The van der Waals surface area contributed by atoms with Gasteiger partial charge in [-0.3, -0.25) is 9.59 Å². The maximum Gasteiger partial charge on any atom is 0.316 e. The van der Waals surface area contributed by atoms with Crippen LogP contribution in [0, 0.1) is 19.8 Å². The maximum absolute atomic E-state index is 12.0. The lowest BCUT2D eigenvalue weighted by Crippen LogP contribution is -2.23. The van der Waals surface area contributed by atoms with E-state index in [4.69, 9.17) is 4.74 Å². The number of rotatable bonds is 4. The molecule has 0 N–H and O–H groups in total. The van der Waals surface area contributed by atoms with Gasteiger partial charge in [-0.1, -0.05) is 12.1 Å². The highest BCUT2D eigenvalue weighted by Gasteiger charge is 2.23. The van der Waals surface area contributed by atoms with Crippen molar-refractivity contribution in [3.63, 3.8) is 0 Å². The second-order valence-corrected chi connectivity index (χ2v) is 4.14. The Morgan fingerprint density at radius 3 is 2.41 bits per heavy atom. The normalized spacial score (nSPS) is 12.0. The van der Waals surface area contributed by atoms with Crippen LogP contribution in [0.15, 0.2) is 18.2 Å². The Balaban J connectivity index is 2.89. The van der Waals surface area contributed by atoms with Gasteiger partial charge < -0.3 is 4.74 Å². The summed E-state index contributed by atoms with van der Waals surface area (Å²) >= 11 is 0. The minimum Gasteiger partial charge on any atom is -0.465 e. The fourth-order valence-electron chi connectivity index (χ4n) is 1.52. The van der Waals surface area contributed by atoms with Gasteiger partial charge in [0.1, 0.15) is 5.92 Å². The van der Waals surface area contributed by atoms with Crippen LogP contribution in [0.4, 0.5) is 0 Å². The average molecular weight is 234 g/mol. The summed E-state index contributed by atoms with van der Waals surface area (Å²) in [5.41, 5.74) is 2.74. The van der Waals surface area contributed by atoms with Crippen LogP contribution in [0.2, 0.25) is 0 Å². The van der Waals surface area contributed by atoms with E-state index in [0.29, 0.717) is 12.2 Å². The molecule has 0 heterocycles. The van der Waals surface area contributed by atoms with Crippen molar-refractivity contribution in [2.45, 2.75) is 27.7 Å². The predicted molar refractivity (Wildman–Crippen MR) is 66.0 cm³/mol. The quantitative estimate of drug-likeness (QED) is 0.457. The van der Waals surface area contributed by atoms with Crippen LogP contribution in [0.5, 0.6) is 0 Å². The smallest absolute Gasteiger partial charge is 0.316 e. The van der Waals surface area contributed by atoms with Crippen LogP contribution in [0.1, 0.15) is 35.3 Å². The summed E-state index contributed by atoms with van der Waals surface area (Å²) in [6.07, 6.45) is 0. The van der Waals surface area contributed by atoms with Gasteiger partial charge in [-0.15, -0.1) is 0 Å². The molecule has 1 rings (SSSR count). The molecule has 0 aliphatic rings. The molecule has 0 aliphatic carbocycles. The third-order valence-electron chi connectivity index (χ3n) is 2.82. The first-order chi connectivity index (χ1) is 7.97. The van der Waals surface area contributed by atoms with E-state index in [0.717, 1.165) is 11.1 Å². The summed E-state index contributed by atoms with van der Waals surface area (Å²) < 4.78 is 4.84. The summed E-state index contributed by atoms with van der Waals surface area (Å²) in [4.78, 5) is 23.5. The Bertz CT molecular complexity index is 435. The van der Waals surface area contributed by atoms with Gasteiger partial charge in [-0.2, -0.15) is 0 Å².